The fourth-order valence-electron chi connectivity index (χ4n) is 2.33. The molecule has 0 radical (unpaired) electrons. The topological polar surface area (TPSA) is 39.4 Å². The molecule has 0 N–H and O–H groups in total. The largest absolute Gasteiger partial charge is 0.492 e. The highest BCUT2D eigenvalue weighted by Crippen LogP contribution is 2.34. The molecule has 21 heavy (non-hydrogen) atoms. The van der Waals surface area contributed by atoms with E-state index in [1.165, 1.54) is 0 Å². The van der Waals surface area contributed by atoms with Crippen LogP contribution in [0.1, 0.15) is 13.3 Å². The molecule has 0 spiro atoms. The first-order valence-electron chi connectivity index (χ1n) is 7.05. The fourth-order valence-corrected chi connectivity index (χ4v) is 2.33. The number of hydrogen-bond acceptors (Lipinski definition) is 3. The molecule has 0 amide bonds. The summed E-state index contributed by atoms with van der Waals surface area (Å²) in [7, 11) is 0. The summed E-state index contributed by atoms with van der Waals surface area (Å²) in [6.45, 7) is 2.60. The maximum atomic E-state index is 12.4. The summed E-state index contributed by atoms with van der Waals surface area (Å²) in [5.41, 5.74) is 1.48. The van der Waals surface area contributed by atoms with E-state index in [9.17, 15) is 4.79 Å². The first-order valence-corrected chi connectivity index (χ1v) is 7.05. The number of para-hydroxylation sites is 1. The third kappa shape index (κ3) is 2.55. The molecule has 0 atom stereocenters. The van der Waals surface area contributed by atoms with Crippen molar-refractivity contribution in [2.24, 2.45) is 0 Å². The summed E-state index contributed by atoms with van der Waals surface area (Å²) in [6.07, 6.45) is 0.878. The predicted octanol–water partition coefficient (Wildman–Crippen LogP) is 4.25. The Morgan fingerprint density at radius 1 is 1.00 bits per heavy atom. The fraction of sp³-hybridized carbons (Fsp3) is 0.167. The molecule has 2 aromatic carbocycles. The van der Waals surface area contributed by atoms with Gasteiger partial charge < -0.3 is 9.15 Å². The lowest BCUT2D eigenvalue weighted by molar-refractivity contribution is 0.320. The van der Waals surface area contributed by atoms with Gasteiger partial charge in [0.05, 0.1) is 12.0 Å². The van der Waals surface area contributed by atoms with E-state index in [-0.39, 0.29) is 5.63 Å². The molecule has 1 aromatic heterocycles. The third-order valence-electron chi connectivity index (χ3n) is 3.28. The van der Waals surface area contributed by atoms with Crippen molar-refractivity contribution in [3.05, 3.63) is 65.0 Å². The van der Waals surface area contributed by atoms with Crippen LogP contribution in [0.25, 0.3) is 22.1 Å². The minimum atomic E-state index is -0.369. The van der Waals surface area contributed by atoms with Crippen molar-refractivity contribution in [1.82, 2.24) is 0 Å². The van der Waals surface area contributed by atoms with Crippen LogP contribution in [-0.4, -0.2) is 6.61 Å². The second-order valence-electron chi connectivity index (χ2n) is 4.80. The van der Waals surface area contributed by atoms with Crippen LogP contribution in [0.5, 0.6) is 5.75 Å². The van der Waals surface area contributed by atoms with Crippen molar-refractivity contribution >= 4 is 11.0 Å². The smallest absolute Gasteiger partial charge is 0.347 e. The molecule has 0 unspecified atom stereocenters. The Labute approximate surface area is 122 Å². The molecule has 3 aromatic rings. The van der Waals surface area contributed by atoms with Crippen LogP contribution in [0.3, 0.4) is 0 Å². The van der Waals surface area contributed by atoms with Crippen LogP contribution < -0.4 is 10.4 Å². The number of benzene rings is 2. The Kier molecular flexibility index (Phi) is 3.73. The van der Waals surface area contributed by atoms with Gasteiger partial charge in [-0.15, -0.1) is 0 Å². The zero-order valence-electron chi connectivity index (χ0n) is 11.8. The van der Waals surface area contributed by atoms with E-state index in [0.29, 0.717) is 23.5 Å². The minimum Gasteiger partial charge on any atom is -0.492 e. The second kappa shape index (κ2) is 5.83. The van der Waals surface area contributed by atoms with E-state index >= 15 is 0 Å². The van der Waals surface area contributed by atoms with Gasteiger partial charge in [-0.3, -0.25) is 0 Å². The van der Waals surface area contributed by atoms with Gasteiger partial charge in [0.2, 0.25) is 0 Å². The van der Waals surface area contributed by atoms with E-state index in [1.54, 1.807) is 6.07 Å². The maximum Gasteiger partial charge on any atom is 0.347 e. The lowest BCUT2D eigenvalue weighted by atomic mass is 10.0. The first-order chi connectivity index (χ1) is 10.3. The van der Waals surface area contributed by atoms with Crippen molar-refractivity contribution in [3.63, 3.8) is 0 Å². The molecule has 0 fully saturated rings. The van der Waals surface area contributed by atoms with Crippen LogP contribution in [0.15, 0.2) is 63.8 Å². The lowest BCUT2D eigenvalue weighted by Crippen LogP contribution is -2.08. The Morgan fingerprint density at radius 3 is 2.48 bits per heavy atom. The quantitative estimate of drug-likeness (QED) is 0.671. The van der Waals surface area contributed by atoms with Crippen molar-refractivity contribution in [2.75, 3.05) is 6.61 Å². The van der Waals surface area contributed by atoms with Crippen LogP contribution in [0, 0.1) is 0 Å². The molecule has 3 heteroatoms. The molecule has 0 saturated carbocycles. The van der Waals surface area contributed by atoms with Gasteiger partial charge >= 0.3 is 5.63 Å². The normalized spacial score (nSPS) is 10.7. The van der Waals surface area contributed by atoms with Gasteiger partial charge in [-0.1, -0.05) is 49.4 Å². The molecular formula is C18H16O3. The molecule has 0 bridgehead atoms. The zero-order valence-corrected chi connectivity index (χ0v) is 11.8. The minimum absolute atomic E-state index is 0.369. The van der Waals surface area contributed by atoms with Crippen molar-refractivity contribution < 1.29 is 9.15 Å². The summed E-state index contributed by atoms with van der Waals surface area (Å²) in [4.78, 5) is 12.4. The standard InChI is InChI=1S/C18H16O3/c1-2-12-20-17-14-10-6-7-11-15(14)21-18(19)16(17)13-8-4-3-5-9-13/h3-11H,2,12H2,1H3. The summed E-state index contributed by atoms with van der Waals surface area (Å²) < 4.78 is 11.3. The summed E-state index contributed by atoms with van der Waals surface area (Å²) in [5, 5.41) is 0.824. The SMILES string of the molecule is CCCOc1c(-c2ccccc2)c(=O)oc2ccccc12. The van der Waals surface area contributed by atoms with Gasteiger partial charge in [-0.25, -0.2) is 4.79 Å². The van der Waals surface area contributed by atoms with E-state index < -0.39 is 0 Å². The maximum absolute atomic E-state index is 12.4. The van der Waals surface area contributed by atoms with Gasteiger partial charge in [0.25, 0.3) is 0 Å². The second-order valence-corrected chi connectivity index (χ2v) is 4.80. The van der Waals surface area contributed by atoms with Gasteiger partial charge in [0.15, 0.2) is 0 Å². The predicted molar refractivity (Wildman–Crippen MR) is 83.7 cm³/mol. The van der Waals surface area contributed by atoms with Crippen LogP contribution in [-0.2, 0) is 0 Å². The third-order valence-corrected chi connectivity index (χ3v) is 3.28. The lowest BCUT2D eigenvalue weighted by Gasteiger charge is -2.12. The first kappa shape index (κ1) is 13.4. The van der Waals surface area contributed by atoms with Gasteiger partial charge in [0, 0.05) is 0 Å². The molecule has 0 aliphatic heterocycles. The molecule has 3 rings (SSSR count). The van der Waals surface area contributed by atoms with Crippen LogP contribution in [0.2, 0.25) is 0 Å². The van der Waals surface area contributed by atoms with E-state index in [0.717, 1.165) is 17.4 Å². The number of rotatable bonds is 4. The molecule has 3 nitrogen and oxygen atoms in total. The molecule has 0 saturated heterocycles. The van der Waals surface area contributed by atoms with Crippen molar-refractivity contribution in [1.29, 1.82) is 0 Å². The summed E-state index contributed by atoms with van der Waals surface area (Å²) in [6, 6.07) is 16.9. The number of hydrogen-bond donors (Lipinski definition) is 0. The van der Waals surface area contributed by atoms with Gasteiger partial charge in [0.1, 0.15) is 16.9 Å². The van der Waals surface area contributed by atoms with Crippen molar-refractivity contribution in [3.8, 4) is 16.9 Å². The zero-order chi connectivity index (χ0) is 14.7. The average molecular weight is 280 g/mol. The molecule has 106 valence electrons. The number of fused-ring (bicyclic) bond motifs is 1. The molecule has 0 aliphatic carbocycles. The highest BCUT2D eigenvalue weighted by molar-refractivity contribution is 5.90. The van der Waals surface area contributed by atoms with Crippen LogP contribution >= 0.6 is 0 Å². The Balaban J connectivity index is 2.31. The van der Waals surface area contributed by atoms with E-state index in [2.05, 4.69) is 0 Å². The van der Waals surface area contributed by atoms with Gasteiger partial charge in [-0.2, -0.15) is 0 Å². The average Bonchev–Trinajstić information content (AvgIpc) is 2.53. The molecule has 0 aliphatic rings. The Morgan fingerprint density at radius 2 is 1.71 bits per heavy atom. The van der Waals surface area contributed by atoms with Crippen molar-refractivity contribution in [2.45, 2.75) is 13.3 Å². The van der Waals surface area contributed by atoms with Gasteiger partial charge in [-0.05, 0) is 24.1 Å². The summed E-state index contributed by atoms with van der Waals surface area (Å²) in [5.74, 6) is 0.606. The van der Waals surface area contributed by atoms with E-state index in [1.807, 2.05) is 55.5 Å². The summed E-state index contributed by atoms with van der Waals surface area (Å²) >= 11 is 0. The number of ether oxygens (including phenoxy) is 1. The highest BCUT2D eigenvalue weighted by atomic mass is 16.5. The van der Waals surface area contributed by atoms with Crippen LogP contribution in [0.4, 0.5) is 0 Å². The van der Waals surface area contributed by atoms with E-state index in [4.69, 9.17) is 9.15 Å². The Hall–Kier alpha value is -2.55. The monoisotopic (exact) mass is 280 g/mol. The molecular weight excluding hydrogens is 264 g/mol. The molecule has 1 heterocycles. The highest BCUT2D eigenvalue weighted by Gasteiger charge is 2.17. The Bertz CT molecular complexity index is 804.